The van der Waals surface area contributed by atoms with Crippen LogP contribution >= 0.6 is 22.6 Å². The number of fused-ring (bicyclic) bond motifs is 1. The van der Waals surface area contributed by atoms with E-state index >= 15 is 0 Å². The molecule has 2 aromatic carbocycles. The Balaban J connectivity index is 2.16. The number of esters is 1. The average Bonchev–Trinajstić information content (AvgIpc) is 2.94. The molecule has 0 aliphatic carbocycles. The zero-order valence-corrected chi connectivity index (χ0v) is 16.9. The Kier molecular flexibility index (Phi) is 5.64. The fourth-order valence-corrected chi connectivity index (χ4v) is 3.84. The van der Waals surface area contributed by atoms with Crippen molar-refractivity contribution in [3.63, 3.8) is 0 Å². The predicted octanol–water partition coefficient (Wildman–Crippen LogP) is 4.39. The second kappa shape index (κ2) is 7.95. The highest BCUT2D eigenvalue weighted by molar-refractivity contribution is 14.1. The molecule has 0 saturated carbocycles. The lowest BCUT2D eigenvalue weighted by Crippen LogP contribution is -2.14. The topological polar surface area (TPSA) is 83.6 Å². The van der Waals surface area contributed by atoms with E-state index in [2.05, 4.69) is 0 Å². The van der Waals surface area contributed by atoms with E-state index in [0.29, 0.717) is 21.2 Å². The number of rotatable bonds is 6. The minimum Gasteiger partial charge on any atom is -0.497 e. The van der Waals surface area contributed by atoms with Gasteiger partial charge in [-0.3, -0.25) is 10.1 Å². The zero-order valence-electron chi connectivity index (χ0n) is 14.8. The summed E-state index contributed by atoms with van der Waals surface area (Å²) in [6.07, 6.45) is 0. The number of nitro groups is 1. The summed E-state index contributed by atoms with van der Waals surface area (Å²) in [4.78, 5) is 23.2. The van der Waals surface area contributed by atoms with Crippen molar-refractivity contribution in [1.29, 1.82) is 0 Å². The molecule has 0 amide bonds. The molecule has 0 atom stereocenters. The van der Waals surface area contributed by atoms with Crippen molar-refractivity contribution in [3.8, 4) is 5.75 Å². The van der Waals surface area contributed by atoms with E-state index in [1.54, 1.807) is 20.1 Å². The largest absolute Gasteiger partial charge is 0.497 e. The van der Waals surface area contributed by atoms with Crippen molar-refractivity contribution in [2.75, 3.05) is 13.7 Å². The summed E-state index contributed by atoms with van der Waals surface area (Å²) in [5, 5.41) is 11.8. The van der Waals surface area contributed by atoms with Gasteiger partial charge in [0.1, 0.15) is 11.4 Å². The highest BCUT2D eigenvalue weighted by Crippen LogP contribution is 2.32. The molecule has 7 nitrogen and oxygen atoms in total. The van der Waals surface area contributed by atoms with Crippen molar-refractivity contribution in [2.24, 2.45) is 0 Å². The SMILES string of the molecule is CCOC(=O)c1c(I)c2cc([N+](=O)[O-])ccc2n1Cc1ccc(OC)cc1. The number of carbonyl (C=O) groups is 1. The van der Waals surface area contributed by atoms with Gasteiger partial charge in [-0.1, -0.05) is 12.1 Å². The van der Waals surface area contributed by atoms with Crippen LogP contribution in [0.5, 0.6) is 5.75 Å². The first kappa shape index (κ1) is 19.2. The van der Waals surface area contributed by atoms with Crippen LogP contribution in [0.25, 0.3) is 10.9 Å². The molecule has 1 aromatic heterocycles. The number of non-ortho nitro benzene ring substituents is 1. The van der Waals surface area contributed by atoms with E-state index in [0.717, 1.165) is 16.8 Å². The monoisotopic (exact) mass is 480 g/mol. The Morgan fingerprint density at radius 2 is 1.93 bits per heavy atom. The third-order valence-electron chi connectivity index (χ3n) is 4.16. The van der Waals surface area contributed by atoms with E-state index in [-0.39, 0.29) is 12.3 Å². The molecule has 0 unspecified atom stereocenters. The van der Waals surface area contributed by atoms with Gasteiger partial charge in [-0.05, 0) is 53.3 Å². The van der Waals surface area contributed by atoms with Crippen molar-refractivity contribution in [2.45, 2.75) is 13.5 Å². The molecule has 3 rings (SSSR count). The number of halogens is 1. The number of nitrogens with zero attached hydrogens (tertiary/aromatic N) is 2. The fourth-order valence-electron chi connectivity index (χ4n) is 2.89. The van der Waals surface area contributed by atoms with E-state index < -0.39 is 10.9 Å². The summed E-state index contributed by atoms with van der Waals surface area (Å²) in [6, 6.07) is 12.1. The first-order valence-corrected chi connectivity index (χ1v) is 9.30. The molecule has 0 N–H and O–H groups in total. The van der Waals surface area contributed by atoms with Crippen molar-refractivity contribution in [1.82, 2.24) is 4.57 Å². The molecule has 0 bridgehead atoms. The Morgan fingerprint density at radius 1 is 1.22 bits per heavy atom. The van der Waals surface area contributed by atoms with Crippen LogP contribution in [-0.4, -0.2) is 29.2 Å². The standard InChI is InChI=1S/C19H17IN2O5/c1-3-27-19(23)18-17(20)15-10-13(22(24)25)6-9-16(15)21(18)11-12-4-7-14(26-2)8-5-12/h4-10H,3,11H2,1-2H3. The number of benzene rings is 2. The number of nitro benzene ring substituents is 1. The Bertz CT molecular complexity index is 1010. The second-order valence-electron chi connectivity index (χ2n) is 5.78. The van der Waals surface area contributed by atoms with Crippen LogP contribution in [0.2, 0.25) is 0 Å². The van der Waals surface area contributed by atoms with Crippen molar-refractivity contribution in [3.05, 3.63) is 67.4 Å². The molecule has 0 aliphatic rings. The van der Waals surface area contributed by atoms with Gasteiger partial charge in [0.15, 0.2) is 0 Å². The first-order valence-electron chi connectivity index (χ1n) is 8.22. The first-order chi connectivity index (χ1) is 13.0. The molecule has 0 aliphatic heterocycles. The maximum atomic E-state index is 12.6. The summed E-state index contributed by atoms with van der Waals surface area (Å²) < 4.78 is 12.9. The molecule has 0 radical (unpaired) electrons. The number of hydrogen-bond acceptors (Lipinski definition) is 5. The Labute approximate surface area is 169 Å². The van der Waals surface area contributed by atoms with Crippen molar-refractivity contribution < 1.29 is 19.2 Å². The zero-order chi connectivity index (χ0) is 19.6. The second-order valence-corrected chi connectivity index (χ2v) is 6.85. The van der Waals surface area contributed by atoms with Crippen LogP contribution in [0, 0.1) is 13.7 Å². The van der Waals surface area contributed by atoms with Crippen LogP contribution in [0.4, 0.5) is 5.69 Å². The van der Waals surface area contributed by atoms with Crippen molar-refractivity contribution >= 4 is 45.2 Å². The molecule has 0 saturated heterocycles. The molecule has 0 fully saturated rings. The molecule has 27 heavy (non-hydrogen) atoms. The van der Waals surface area contributed by atoms with Crippen LogP contribution in [0.15, 0.2) is 42.5 Å². The minimum atomic E-state index is -0.450. The maximum absolute atomic E-state index is 12.6. The number of carbonyl (C=O) groups excluding carboxylic acids is 1. The van der Waals surface area contributed by atoms with Gasteiger partial charge in [-0.2, -0.15) is 0 Å². The maximum Gasteiger partial charge on any atom is 0.356 e. The predicted molar refractivity (Wildman–Crippen MR) is 109 cm³/mol. The molecule has 1 heterocycles. The summed E-state index contributed by atoms with van der Waals surface area (Å²) in [7, 11) is 1.60. The smallest absolute Gasteiger partial charge is 0.356 e. The summed E-state index contributed by atoms with van der Waals surface area (Å²) in [5.41, 5.74) is 2.08. The number of ether oxygens (including phenoxy) is 2. The Morgan fingerprint density at radius 3 is 2.52 bits per heavy atom. The number of hydrogen-bond donors (Lipinski definition) is 0. The van der Waals surface area contributed by atoms with Gasteiger partial charge >= 0.3 is 5.97 Å². The lowest BCUT2D eigenvalue weighted by atomic mass is 10.2. The van der Waals surface area contributed by atoms with Gasteiger partial charge < -0.3 is 14.0 Å². The van der Waals surface area contributed by atoms with E-state index in [1.165, 1.54) is 12.1 Å². The summed E-state index contributed by atoms with van der Waals surface area (Å²) in [6.45, 7) is 2.42. The van der Waals surface area contributed by atoms with Gasteiger partial charge in [0, 0.05) is 24.1 Å². The van der Waals surface area contributed by atoms with Gasteiger partial charge in [0.05, 0.1) is 27.7 Å². The molecule has 3 aromatic rings. The van der Waals surface area contributed by atoms with E-state index in [1.807, 2.05) is 51.4 Å². The number of methoxy groups -OCH3 is 1. The quantitative estimate of drug-likeness (QED) is 0.226. The molecular weight excluding hydrogens is 463 g/mol. The molecule has 0 spiro atoms. The lowest BCUT2D eigenvalue weighted by molar-refractivity contribution is -0.384. The molecular formula is C19H17IN2O5. The van der Waals surface area contributed by atoms with E-state index in [9.17, 15) is 14.9 Å². The van der Waals surface area contributed by atoms with E-state index in [4.69, 9.17) is 9.47 Å². The third-order valence-corrected chi connectivity index (χ3v) is 5.26. The summed E-state index contributed by atoms with van der Waals surface area (Å²) >= 11 is 2.04. The molecule has 8 heteroatoms. The van der Waals surface area contributed by atoms with Gasteiger partial charge in [-0.15, -0.1) is 0 Å². The highest BCUT2D eigenvalue weighted by Gasteiger charge is 2.24. The lowest BCUT2D eigenvalue weighted by Gasteiger charge is -2.11. The van der Waals surface area contributed by atoms with Crippen LogP contribution < -0.4 is 4.74 Å². The molecule has 140 valence electrons. The highest BCUT2D eigenvalue weighted by atomic mass is 127. The average molecular weight is 480 g/mol. The summed E-state index contributed by atoms with van der Waals surface area (Å²) in [5.74, 6) is 0.293. The normalized spacial score (nSPS) is 10.8. The van der Waals surface area contributed by atoms with Gasteiger partial charge in [0.2, 0.25) is 0 Å². The Hall–Kier alpha value is -2.62. The van der Waals surface area contributed by atoms with Gasteiger partial charge in [-0.25, -0.2) is 4.79 Å². The minimum absolute atomic E-state index is 0.0163. The number of aromatic nitrogens is 1. The third kappa shape index (κ3) is 3.75. The van der Waals surface area contributed by atoms with Crippen LogP contribution in [-0.2, 0) is 11.3 Å². The van der Waals surface area contributed by atoms with Gasteiger partial charge in [0.25, 0.3) is 5.69 Å². The van der Waals surface area contributed by atoms with Crippen LogP contribution in [0.1, 0.15) is 23.0 Å². The van der Waals surface area contributed by atoms with Crippen LogP contribution in [0.3, 0.4) is 0 Å². The fraction of sp³-hybridized carbons (Fsp3) is 0.211.